The number of piperazine rings is 1. The minimum atomic E-state index is 0.224. The number of carbonyl (C=O) groups is 1. The molecule has 0 radical (unpaired) electrons. The average Bonchev–Trinajstić information content (AvgIpc) is 2.68. The Morgan fingerprint density at radius 2 is 1.72 bits per heavy atom. The molecule has 1 fully saturated rings. The van der Waals surface area contributed by atoms with Crippen molar-refractivity contribution in [1.29, 1.82) is 0 Å². The normalized spacial score (nSPS) is 14.6. The Morgan fingerprint density at radius 3 is 2.36 bits per heavy atom. The van der Waals surface area contributed by atoms with E-state index in [1.807, 2.05) is 29.3 Å². The number of benzene rings is 1. The zero-order valence-corrected chi connectivity index (χ0v) is 15.0. The van der Waals surface area contributed by atoms with Crippen molar-refractivity contribution >= 4 is 11.7 Å². The molecule has 1 amide bonds. The van der Waals surface area contributed by atoms with Crippen LogP contribution in [-0.2, 0) is 17.6 Å². The van der Waals surface area contributed by atoms with E-state index < -0.39 is 0 Å². The third kappa shape index (κ3) is 4.81. The van der Waals surface area contributed by atoms with Crippen molar-refractivity contribution < 1.29 is 4.79 Å². The molecule has 0 bridgehead atoms. The molecule has 3 rings (SSSR count). The van der Waals surface area contributed by atoms with Gasteiger partial charge in [0.15, 0.2) is 0 Å². The summed E-state index contributed by atoms with van der Waals surface area (Å²) in [6.45, 7) is 5.44. The van der Waals surface area contributed by atoms with E-state index in [9.17, 15) is 4.79 Å². The number of anilines is 1. The van der Waals surface area contributed by atoms with Gasteiger partial charge in [-0.1, -0.05) is 43.7 Å². The number of hydrogen-bond acceptors (Lipinski definition) is 3. The molecule has 0 unspecified atom stereocenters. The second-order valence-electron chi connectivity index (χ2n) is 6.65. The molecular formula is C21H27N3O. The summed E-state index contributed by atoms with van der Waals surface area (Å²) in [7, 11) is 0. The van der Waals surface area contributed by atoms with E-state index in [2.05, 4.69) is 41.1 Å². The lowest BCUT2D eigenvalue weighted by atomic mass is 10.0. The quantitative estimate of drug-likeness (QED) is 0.811. The number of aryl methyl sites for hydroxylation is 1. The zero-order chi connectivity index (χ0) is 17.5. The minimum absolute atomic E-state index is 0.224. The molecule has 0 N–H and O–H groups in total. The van der Waals surface area contributed by atoms with Gasteiger partial charge in [0.2, 0.25) is 5.91 Å². The Kier molecular flexibility index (Phi) is 6.04. The lowest BCUT2D eigenvalue weighted by Crippen LogP contribution is -2.49. The molecule has 25 heavy (non-hydrogen) atoms. The Bertz CT molecular complexity index is 661. The van der Waals surface area contributed by atoms with Crippen molar-refractivity contribution in [1.82, 2.24) is 9.88 Å². The number of rotatable bonds is 6. The van der Waals surface area contributed by atoms with Crippen LogP contribution in [0.1, 0.15) is 30.9 Å². The standard InChI is InChI=1S/C21H27N3O/c1-2-3-6-18-8-10-19(11-9-18)17-21(25)24-15-13-23(14-16-24)20-7-4-5-12-22-20/h4-5,7-12H,2-3,6,13-17H2,1H3. The molecule has 4 heteroatoms. The second kappa shape index (κ2) is 8.65. The first-order valence-electron chi connectivity index (χ1n) is 9.28. The Balaban J connectivity index is 1.49. The number of carbonyl (C=O) groups excluding carboxylic acids is 1. The summed E-state index contributed by atoms with van der Waals surface area (Å²) >= 11 is 0. The van der Waals surface area contributed by atoms with Crippen molar-refractivity contribution in [2.24, 2.45) is 0 Å². The van der Waals surface area contributed by atoms with E-state index in [0.29, 0.717) is 6.42 Å². The first kappa shape index (κ1) is 17.5. The van der Waals surface area contributed by atoms with E-state index in [1.54, 1.807) is 0 Å². The van der Waals surface area contributed by atoms with Crippen LogP contribution in [0.4, 0.5) is 5.82 Å². The van der Waals surface area contributed by atoms with E-state index in [0.717, 1.165) is 44.0 Å². The maximum atomic E-state index is 12.6. The SMILES string of the molecule is CCCCc1ccc(CC(=O)N2CCN(c3ccccn3)CC2)cc1. The van der Waals surface area contributed by atoms with Crippen LogP contribution in [0.3, 0.4) is 0 Å². The molecule has 2 aromatic rings. The summed E-state index contributed by atoms with van der Waals surface area (Å²) in [4.78, 5) is 21.2. The number of unbranched alkanes of at least 4 members (excludes halogenated alkanes) is 1. The Hall–Kier alpha value is -2.36. The van der Waals surface area contributed by atoms with Gasteiger partial charge in [-0.05, 0) is 36.1 Å². The van der Waals surface area contributed by atoms with Gasteiger partial charge in [-0.3, -0.25) is 4.79 Å². The van der Waals surface area contributed by atoms with Gasteiger partial charge in [0.05, 0.1) is 6.42 Å². The number of hydrogen-bond donors (Lipinski definition) is 0. The molecular weight excluding hydrogens is 310 g/mol. The fourth-order valence-electron chi connectivity index (χ4n) is 3.22. The molecule has 1 aliphatic heterocycles. The highest BCUT2D eigenvalue weighted by molar-refractivity contribution is 5.79. The van der Waals surface area contributed by atoms with E-state index >= 15 is 0 Å². The third-order valence-corrected chi connectivity index (χ3v) is 4.80. The van der Waals surface area contributed by atoms with Crippen LogP contribution in [0.25, 0.3) is 0 Å². The number of aromatic nitrogens is 1. The maximum absolute atomic E-state index is 12.6. The van der Waals surface area contributed by atoms with Crippen LogP contribution in [0.5, 0.6) is 0 Å². The van der Waals surface area contributed by atoms with Gasteiger partial charge in [-0.2, -0.15) is 0 Å². The van der Waals surface area contributed by atoms with E-state index in [1.165, 1.54) is 18.4 Å². The lowest BCUT2D eigenvalue weighted by Gasteiger charge is -2.35. The number of amides is 1. The third-order valence-electron chi connectivity index (χ3n) is 4.80. The van der Waals surface area contributed by atoms with Gasteiger partial charge in [0.25, 0.3) is 0 Å². The van der Waals surface area contributed by atoms with Crippen LogP contribution in [-0.4, -0.2) is 42.0 Å². The van der Waals surface area contributed by atoms with Gasteiger partial charge in [0, 0.05) is 32.4 Å². The molecule has 0 atom stereocenters. The molecule has 0 aliphatic carbocycles. The van der Waals surface area contributed by atoms with E-state index in [4.69, 9.17) is 0 Å². The fourth-order valence-corrected chi connectivity index (χ4v) is 3.22. The summed E-state index contributed by atoms with van der Waals surface area (Å²) in [5.74, 6) is 1.22. The summed E-state index contributed by atoms with van der Waals surface area (Å²) in [5.41, 5.74) is 2.47. The van der Waals surface area contributed by atoms with Gasteiger partial charge < -0.3 is 9.80 Å². The molecule has 0 saturated carbocycles. The molecule has 4 nitrogen and oxygen atoms in total. The average molecular weight is 337 g/mol. The van der Waals surface area contributed by atoms with Crippen molar-refractivity contribution in [3.05, 3.63) is 59.8 Å². The molecule has 1 saturated heterocycles. The molecule has 1 aliphatic rings. The van der Waals surface area contributed by atoms with Gasteiger partial charge in [0.1, 0.15) is 5.82 Å². The predicted octanol–water partition coefficient (Wildman–Crippen LogP) is 3.32. The molecule has 0 spiro atoms. The largest absolute Gasteiger partial charge is 0.353 e. The van der Waals surface area contributed by atoms with Crippen molar-refractivity contribution in [2.45, 2.75) is 32.6 Å². The molecule has 2 heterocycles. The van der Waals surface area contributed by atoms with Crippen LogP contribution >= 0.6 is 0 Å². The Morgan fingerprint density at radius 1 is 1.00 bits per heavy atom. The van der Waals surface area contributed by atoms with Crippen LogP contribution in [0.15, 0.2) is 48.7 Å². The highest BCUT2D eigenvalue weighted by Gasteiger charge is 2.21. The minimum Gasteiger partial charge on any atom is -0.353 e. The highest BCUT2D eigenvalue weighted by atomic mass is 16.2. The first-order chi connectivity index (χ1) is 12.3. The highest BCUT2D eigenvalue weighted by Crippen LogP contribution is 2.14. The summed E-state index contributed by atoms with van der Waals surface area (Å²) < 4.78 is 0. The maximum Gasteiger partial charge on any atom is 0.227 e. The number of nitrogens with zero attached hydrogens (tertiary/aromatic N) is 3. The summed E-state index contributed by atoms with van der Waals surface area (Å²) in [6, 6.07) is 14.5. The topological polar surface area (TPSA) is 36.4 Å². The Labute approximate surface area is 150 Å². The van der Waals surface area contributed by atoms with Gasteiger partial charge in [-0.25, -0.2) is 4.98 Å². The fraction of sp³-hybridized carbons (Fsp3) is 0.429. The molecule has 1 aromatic carbocycles. The smallest absolute Gasteiger partial charge is 0.227 e. The zero-order valence-electron chi connectivity index (χ0n) is 15.0. The molecule has 132 valence electrons. The number of pyridine rings is 1. The van der Waals surface area contributed by atoms with Crippen LogP contribution in [0, 0.1) is 0 Å². The van der Waals surface area contributed by atoms with Crippen LogP contribution in [0.2, 0.25) is 0 Å². The van der Waals surface area contributed by atoms with Gasteiger partial charge in [-0.15, -0.1) is 0 Å². The van der Waals surface area contributed by atoms with E-state index in [-0.39, 0.29) is 5.91 Å². The summed E-state index contributed by atoms with van der Waals surface area (Å²) in [5, 5.41) is 0. The lowest BCUT2D eigenvalue weighted by molar-refractivity contribution is -0.130. The first-order valence-corrected chi connectivity index (χ1v) is 9.28. The predicted molar refractivity (Wildman–Crippen MR) is 102 cm³/mol. The van der Waals surface area contributed by atoms with Crippen molar-refractivity contribution in [3.8, 4) is 0 Å². The second-order valence-corrected chi connectivity index (χ2v) is 6.65. The van der Waals surface area contributed by atoms with Crippen molar-refractivity contribution in [2.75, 3.05) is 31.1 Å². The molecule has 1 aromatic heterocycles. The van der Waals surface area contributed by atoms with Crippen LogP contribution < -0.4 is 4.90 Å². The van der Waals surface area contributed by atoms with Crippen molar-refractivity contribution in [3.63, 3.8) is 0 Å². The summed E-state index contributed by atoms with van der Waals surface area (Å²) in [6.07, 6.45) is 5.87. The van der Waals surface area contributed by atoms with Gasteiger partial charge >= 0.3 is 0 Å². The monoisotopic (exact) mass is 337 g/mol.